The molecule has 1 amide bonds. The summed E-state index contributed by atoms with van der Waals surface area (Å²) in [6, 6.07) is 4.57. The molecule has 2 aliphatic rings. The number of carbonyl (C=O) groups excluding carboxylic acids is 1. The van der Waals surface area contributed by atoms with Crippen LogP contribution in [0.2, 0.25) is 0 Å². The minimum absolute atomic E-state index is 0. The third-order valence-corrected chi connectivity index (χ3v) is 6.73. The summed E-state index contributed by atoms with van der Waals surface area (Å²) >= 11 is 1.80. The van der Waals surface area contributed by atoms with Gasteiger partial charge in [-0.1, -0.05) is 32.3 Å². The molecule has 0 spiro atoms. The molecular weight excluding hydrogens is 471 g/mol. The van der Waals surface area contributed by atoms with Gasteiger partial charge in [0.25, 0.3) is 0 Å². The largest absolute Gasteiger partial charge is 0.356 e. The van der Waals surface area contributed by atoms with E-state index in [0.717, 1.165) is 44.9 Å². The van der Waals surface area contributed by atoms with Crippen LogP contribution in [0.3, 0.4) is 0 Å². The van der Waals surface area contributed by atoms with E-state index in [0.29, 0.717) is 17.9 Å². The Morgan fingerprint density at radius 3 is 2.78 bits per heavy atom. The number of amides is 1. The van der Waals surface area contributed by atoms with Crippen molar-refractivity contribution in [2.45, 2.75) is 57.4 Å². The van der Waals surface area contributed by atoms with Crippen molar-refractivity contribution < 1.29 is 4.79 Å². The maximum absolute atomic E-state index is 12.7. The van der Waals surface area contributed by atoms with Crippen molar-refractivity contribution in [3.05, 3.63) is 22.4 Å². The maximum atomic E-state index is 12.7. The second-order valence-electron chi connectivity index (χ2n) is 7.62. The number of hydrogen-bond acceptors (Lipinski definition) is 3. The summed E-state index contributed by atoms with van der Waals surface area (Å²) in [5.41, 5.74) is 0. The molecule has 1 saturated carbocycles. The molecule has 5 nitrogen and oxygen atoms in total. The molecule has 0 radical (unpaired) electrons. The molecule has 2 unspecified atom stereocenters. The highest BCUT2D eigenvalue weighted by Crippen LogP contribution is 2.26. The third-order valence-electron chi connectivity index (χ3n) is 5.62. The summed E-state index contributed by atoms with van der Waals surface area (Å²) < 4.78 is 0. The molecule has 2 N–H and O–H groups in total. The van der Waals surface area contributed by atoms with Gasteiger partial charge in [-0.25, -0.2) is 0 Å². The fourth-order valence-electron chi connectivity index (χ4n) is 4.00. The van der Waals surface area contributed by atoms with Crippen LogP contribution in [-0.4, -0.2) is 49.5 Å². The first-order chi connectivity index (χ1) is 12.7. The van der Waals surface area contributed by atoms with Gasteiger partial charge in [0.2, 0.25) is 5.91 Å². The molecule has 7 heteroatoms. The molecule has 2 fully saturated rings. The van der Waals surface area contributed by atoms with Crippen LogP contribution in [0.25, 0.3) is 0 Å². The van der Waals surface area contributed by atoms with Gasteiger partial charge in [0.1, 0.15) is 0 Å². The first-order valence-electron chi connectivity index (χ1n) is 9.96. The number of halogens is 1. The minimum Gasteiger partial charge on any atom is -0.356 e. The zero-order valence-corrected chi connectivity index (χ0v) is 19.6. The number of aliphatic imine (C=N–C) groups is 1. The van der Waals surface area contributed by atoms with E-state index in [2.05, 4.69) is 45.0 Å². The van der Waals surface area contributed by atoms with Crippen molar-refractivity contribution in [3.63, 3.8) is 0 Å². The highest BCUT2D eigenvalue weighted by molar-refractivity contribution is 14.0. The number of nitrogens with zero attached hydrogens (tertiary/aromatic N) is 2. The molecule has 2 atom stereocenters. The topological polar surface area (TPSA) is 56.7 Å². The predicted molar refractivity (Wildman–Crippen MR) is 124 cm³/mol. The summed E-state index contributed by atoms with van der Waals surface area (Å²) in [5.74, 6) is 1.95. The SMILES string of the molecule is CN=C(NCC(C)c1cccs1)NC1CCN(C(=O)C2CCCCC2)C1.I. The van der Waals surface area contributed by atoms with E-state index in [1.165, 1.54) is 24.1 Å². The van der Waals surface area contributed by atoms with Crippen LogP contribution in [-0.2, 0) is 4.79 Å². The second-order valence-corrected chi connectivity index (χ2v) is 8.60. The van der Waals surface area contributed by atoms with E-state index in [9.17, 15) is 4.79 Å². The van der Waals surface area contributed by atoms with Crippen LogP contribution in [0.15, 0.2) is 22.5 Å². The molecule has 1 aromatic rings. The first-order valence-corrected chi connectivity index (χ1v) is 10.8. The number of thiophene rings is 1. The van der Waals surface area contributed by atoms with Crippen LogP contribution in [0.5, 0.6) is 0 Å². The standard InChI is InChI=1S/C20H32N4OS.HI/c1-15(18-9-6-12-26-18)13-22-20(21-2)23-17-10-11-24(14-17)19(25)16-7-4-3-5-8-16;/h6,9,12,15-17H,3-5,7-8,10-11,13-14H2,1-2H3,(H2,21,22,23);1H. The Labute approximate surface area is 184 Å². The number of likely N-dealkylation sites (tertiary alicyclic amines) is 1. The summed E-state index contributed by atoms with van der Waals surface area (Å²) in [6.07, 6.45) is 6.88. The highest BCUT2D eigenvalue weighted by Gasteiger charge is 2.31. The summed E-state index contributed by atoms with van der Waals surface area (Å²) in [4.78, 5) is 20.5. The van der Waals surface area contributed by atoms with Gasteiger partial charge in [-0.3, -0.25) is 9.79 Å². The van der Waals surface area contributed by atoms with Gasteiger partial charge in [0.15, 0.2) is 5.96 Å². The van der Waals surface area contributed by atoms with Gasteiger partial charge in [-0.15, -0.1) is 35.3 Å². The lowest BCUT2D eigenvalue weighted by Gasteiger charge is -2.26. The minimum atomic E-state index is 0. The number of guanidine groups is 1. The molecule has 2 heterocycles. The van der Waals surface area contributed by atoms with Crippen molar-refractivity contribution in [2.75, 3.05) is 26.7 Å². The van der Waals surface area contributed by atoms with Crippen LogP contribution >= 0.6 is 35.3 Å². The monoisotopic (exact) mass is 504 g/mol. The van der Waals surface area contributed by atoms with Crippen LogP contribution in [0, 0.1) is 5.92 Å². The summed E-state index contributed by atoms with van der Waals surface area (Å²) in [6.45, 7) is 4.76. The molecule has 1 aliphatic heterocycles. The molecule has 152 valence electrons. The van der Waals surface area contributed by atoms with Crippen molar-refractivity contribution >= 4 is 47.2 Å². The third kappa shape index (κ3) is 6.34. The van der Waals surface area contributed by atoms with Crippen molar-refractivity contribution in [3.8, 4) is 0 Å². The molecular formula is C20H33IN4OS. The van der Waals surface area contributed by atoms with E-state index in [4.69, 9.17) is 0 Å². The van der Waals surface area contributed by atoms with E-state index in [1.807, 2.05) is 7.05 Å². The molecule has 27 heavy (non-hydrogen) atoms. The van der Waals surface area contributed by atoms with Crippen LogP contribution in [0.4, 0.5) is 0 Å². The predicted octanol–water partition coefficient (Wildman–Crippen LogP) is 3.82. The number of carbonyl (C=O) groups is 1. The Balaban J connectivity index is 0.00000261. The van der Waals surface area contributed by atoms with Gasteiger partial charge in [-0.05, 0) is 30.7 Å². The van der Waals surface area contributed by atoms with Crippen LogP contribution < -0.4 is 10.6 Å². The van der Waals surface area contributed by atoms with E-state index in [1.54, 1.807) is 11.3 Å². The Morgan fingerprint density at radius 1 is 1.33 bits per heavy atom. The van der Waals surface area contributed by atoms with E-state index < -0.39 is 0 Å². The normalized spacial score (nSPS) is 22.2. The maximum Gasteiger partial charge on any atom is 0.225 e. The summed E-state index contributed by atoms with van der Waals surface area (Å²) in [5, 5.41) is 9.06. The molecule has 1 aliphatic carbocycles. The van der Waals surface area contributed by atoms with E-state index in [-0.39, 0.29) is 29.9 Å². The molecule has 0 bridgehead atoms. The van der Waals surface area contributed by atoms with Crippen molar-refractivity contribution in [1.82, 2.24) is 15.5 Å². The Kier molecular flexibility index (Phi) is 9.35. The zero-order chi connectivity index (χ0) is 18.4. The first kappa shape index (κ1) is 22.5. The molecule has 0 aromatic carbocycles. The van der Waals surface area contributed by atoms with Gasteiger partial charge >= 0.3 is 0 Å². The van der Waals surface area contributed by atoms with Crippen molar-refractivity contribution in [2.24, 2.45) is 10.9 Å². The van der Waals surface area contributed by atoms with Gasteiger partial charge < -0.3 is 15.5 Å². The van der Waals surface area contributed by atoms with Gasteiger partial charge in [0.05, 0.1) is 0 Å². The van der Waals surface area contributed by atoms with E-state index >= 15 is 0 Å². The highest BCUT2D eigenvalue weighted by atomic mass is 127. The van der Waals surface area contributed by atoms with Crippen LogP contribution in [0.1, 0.15) is 56.2 Å². The second kappa shape index (κ2) is 11.2. The summed E-state index contributed by atoms with van der Waals surface area (Å²) in [7, 11) is 1.81. The Hall–Kier alpha value is -0.830. The average molecular weight is 504 g/mol. The van der Waals surface area contributed by atoms with Gasteiger partial charge in [0, 0.05) is 49.4 Å². The lowest BCUT2D eigenvalue weighted by Crippen LogP contribution is -2.46. The van der Waals surface area contributed by atoms with Crippen molar-refractivity contribution in [1.29, 1.82) is 0 Å². The molecule has 3 rings (SSSR count). The van der Waals surface area contributed by atoms with Gasteiger partial charge in [-0.2, -0.15) is 0 Å². The number of nitrogens with one attached hydrogen (secondary N) is 2. The average Bonchev–Trinajstić information content (AvgIpc) is 3.37. The quantitative estimate of drug-likeness (QED) is 0.364. The lowest BCUT2D eigenvalue weighted by atomic mass is 9.88. The molecule has 1 saturated heterocycles. The lowest BCUT2D eigenvalue weighted by molar-refractivity contribution is -0.135. The Bertz CT molecular complexity index is 601. The Morgan fingerprint density at radius 2 is 2.11 bits per heavy atom. The fraction of sp³-hybridized carbons (Fsp3) is 0.700. The number of hydrogen-bond donors (Lipinski definition) is 2. The zero-order valence-electron chi connectivity index (χ0n) is 16.4. The molecule has 1 aromatic heterocycles. The smallest absolute Gasteiger partial charge is 0.225 e. The fourth-order valence-corrected chi connectivity index (χ4v) is 4.78. The number of rotatable bonds is 5.